The maximum Gasteiger partial charge on any atom is 0.245 e. The molecule has 1 saturated heterocycles. The summed E-state index contributed by atoms with van der Waals surface area (Å²) in [4.78, 5) is 24.2. The predicted octanol–water partition coefficient (Wildman–Crippen LogP) is 1.77. The smallest absolute Gasteiger partial charge is 0.245 e. The Kier molecular flexibility index (Phi) is 5.47. The third-order valence-corrected chi connectivity index (χ3v) is 4.15. The van der Waals surface area contributed by atoms with E-state index in [1.807, 2.05) is 12.1 Å². The number of amides is 2. The lowest BCUT2D eigenvalue weighted by molar-refractivity contribution is -0.132. The highest BCUT2D eigenvalue weighted by Gasteiger charge is 2.35. The second-order valence-electron chi connectivity index (χ2n) is 5.96. The van der Waals surface area contributed by atoms with Crippen molar-refractivity contribution in [3.8, 4) is 11.5 Å². The van der Waals surface area contributed by atoms with Gasteiger partial charge in [0.2, 0.25) is 11.8 Å². The molecule has 23 heavy (non-hydrogen) atoms. The number of carbonyl (C=O) groups is 2. The third kappa shape index (κ3) is 4.15. The van der Waals surface area contributed by atoms with Gasteiger partial charge in [-0.05, 0) is 37.5 Å². The molecule has 2 amide bonds. The van der Waals surface area contributed by atoms with Gasteiger partial charge >= 0.3 is 0 Å². The van der Waals surface area contributed by atoms with Crippen LogP contribution in [0.2, 0.25) is 0 Å². The van der Waals surface area contributed by atoms with Crippen LogP contribution >= 0.6 is 0 Å². The van der Waals surface area contributed by atoms with Crippen molar-refractivity contribution in [3.63, 3.8) is 0 Å². The van der Waals surface area contributed by atoms with Gasteiger partial charge in [0.15, 0.2) is 11.5 Å². The van der Waals surface area contributed by atoms with Crippen molar-refractivity contribution in [3.05, 3.63) is 23.8 Å². The number of methoxy groups -OCH3 is 2. The first-order valence-electron chi connectivity index (χ1n) is 7.79. The summed E-state index contributed by atoms with van der Waals surface area (Å²) in [6, 6.07) is 5.50. The van der Waals surface area contributed by atoms with Gasteiger partial charge in [0.05, 0.1) is 14.2 Å². The summed E-state index contributed by atoms with van der Waals surface area (Å²) in [5, 5.41) is 5.73. The number of ether oxygens (including phenoxy) is 2. The quantitative estimate of drug-likeness (QED) is 0.867. The summed E-state index contributed by atoms with van der Waals surface area (Å²) in [6.45, 7) is 2.14. The van der Waals surface area contributed by atoms with E-state index in [9.17, 15) is 9.59 Å². The maximum atomic E-state index is 12.5. The number of nitrogens with one attached hydrogen (secondary N) is 2. The minimum atomic E-state index is -0.843. The molecule has 1 aromatic carbocycles. The Bertz CT molecular complexity index is 588. The van der Waals surface area contributed by atoms with Gasteiger partial charge in [-0.1, -0.05) is 12.5 Å². The van der Waals surface area contributed by atoms with Crippen LogP contribution in [0.3, 0.4) is 0 Å². The molecule has 0 aliphatic carbocycles. The maximum absolute atomic E-state index is 12.5. The van der Waals surface area contributed by atoms with Crippen LogP contribution in [0, 0.1) is 0 Å². The number of carbonyl (C=O) groups excluding carboxylic acids is 2. The Hall–Kier alpha value is -2.24. The Morgan fingerprint density at radius 1 is 1.26 bits per heavy atom. The Morgan fingerprint density at radius 3 is 2.70 bits per heavy atom. The molecule has 126 valence electrons. The molecule has 1 fully saturated rings. The topological polar surface area (TPSA) is 76.7 Å². The second-order valence-corrected chi connectivity index (χ2v) is 5.96. The van der Waals surface area contributed by atoms with Crippen LogP contribution in [0.25, 0.3) is 0 Å². The highest BCUT2D eigenvalue weighted by molar-refractivity contribution is 5.91. The zero-order valence-electron chi connectivity index (χ0n) is 13.9. The Balaban J connectivity index is 2.02. The number of benzene rings is 1. The fraction of sp³-hybridized carbons (Fsp3) is 0.529. The molecule has 1 atom stereocenters. The van der Waals surface area contributed by atoms with Gasteiger partial charge < -0.3 is 20.1 Å². The van der Waals surface area contributed by atoms with Gasteiger partial charge in [-0.2, -0.15) is 0 Å². The molecule has 0 spiro atoms. The molecular weight excluding hydrogens is 296 g/mol. The van der Waals surface area contributed by atoms with Gasteiger partial charge in [0.25, 0.3) is 0 Å². The van der Waals surface area contributed by atoms with E-state index in [1.54, 1.807) is 27.2 Å². The number of hydrogen-bond acceptors (Lipinski definition) is 4. The normalized spacial score (nSPS) is 21.1. The van der Waals surface area contributed by atoms with E-state index >= 15 is 0 Å². The summed E-state index contributed by atoms with van der Waals surface area (Å²) in [5.74, 6) is 1.03. The summed E-state index contributed by atoms with van der Waals surface area (Å²) < 4.78 is 10.4. The lowest BCUT2D eigenvalue weighted by atomic mass is 9.95. The molecule has 1 unspecified atom stereocenters. The highest BCUT2D eigenvalue weighted by Crippen LogP contribution is 2.27. The van der Waals surface area contributed by atoms with E-state index in [1.165, 1.54) is 0 Å². The average Bonchev–Trinajstić information content (AvgIpc) is 2.73. The molecule has 2 N–H and O–H groups in total. The van der Waals surface area contributed by atoms with Crippen molar-refractivity contribution in [2.45, 2.75) is 44.7 Å². The van der Waals surface area contributed by atoms with Crippen molar-refractivity contribution in [2.75, 3.05) is 14.2 Å². The standard InChI is InChI=1S/C17H24N2O4/c1-17(9-5-4-6-15(20)19-17)16(21)18-11-12-7-8-13(22-2)14(10-12)23-3/h7-8,10H,4-6,9,11H2,1-3H3,(H,18,21)(H,19,20). The molecule has 6 nitrogen and oxygen atoms in total. The average molecular weight is 320 g/mol. The van der Waals surface area contributed by atoms with Gasteiger partial charge in [-0.25, -0.2) is 0 Å². The summed E-state index contributed by atoms with van der Waals surface area (Å²) >= 11 is 0. The van der Waals surface area contributed by atoms with Crippen LogP contribution < -0.4 is 20.1 Å². The van der Waals surface area contributed by atoms with E-state index < -0.39 is 5.54 Å². The monoisotopic (exact) mass is 320 g/mol. The Labute approximate surface area is 136 Å². The van der Waals surface area contributed by atoms with Gasteiger partial charge in [-0.3, -0.25) is 9.59 Å². The fourth-order valence-electron chi connectivity index (χ4n) is 2.74. The molecule has 0 bridgehead atoms. The van der Waals surface area contributed by atoms with Gasteiger partial charge in [-0.15, -0.1) is 0 Å². The fourth-order valence-corrected chi connectivity index (χ4v) is 2.74. The lowest BCUT2D eigenvalue weighted by Crippen LogP contribution is -2.55. The third-order valence-electron chi connectivity index (χ3n) is 4.15. The molecule has 0 radical (unpaired) electrons. The van der Waals surface area contributed by atoms with E-state index in [4.69, 9.17) is 9.47 Å². The predicted molar refractivity (Wildman–Crippen MR) is 86.4 cm³/mol. The van der Waals surface area contributed by atoms with Gasteiger partial charge in [0.1, 0.15) is 5.54 Å². The van der Waals surface area contributed by atoms with Crippen molar-refractivity contribution < 1.29 is 19.1 Å². The molecular formula is C17H24N2O4. The zero-order valence-corrected chi connectivity index (χ0v) is 13.9. The highest BCUT2D eigenvalue weighted by atomic mass is 16.5. The zero-order chi connectivity index (χ0) is 16.9. The number of hydrogen-bond donors (Lipinski definition) is 2. The van der Waals surface area contributed by atoms with E-state index in [0.717, 1.165) is 18.4 Å². The van der Waals surface area contributed by atoms with Crippen LogP contribution in [0.1, 0.15) is 38.2 Å². The molecule has 0 saturated carbocycles. The molecule has 1 heterocycles. The molecule has 6 heteroatoms. The van der Waals surface area contributed by atoms with E-state index in [0.29, 0.717) is 30.9 Å². The van der Waals surface area contributed by atoms with Crippen molar-refractivity contribution in [1.82, 2.24) is 10.6 Å². The largest absolute Gasteiger partial charge is 0.493 e. The van der Waals surface area contributed by atoms with Crippen LogP contribution in [0.5, 0.6) is 11.5 Å². The summed E-state index contributed by atoms with van der Waals surface area (Å²) in [5.41, 5.74) is 0.0592. The van der Waals surface area contributed by atoms with E-state index in [2.05, 4.69) is 10.6 Å². The minimum absolute atomic E-state index is 0.0636. The van der Waals surface area contributed by atoms with Crippen LogP contribution in [0.15, 0.2) is 18.2 Å². The van der Waals surface area contributed by atoms with Crippen LogP contribution in [-0.2, 0) is 16.1 Å². The Morgan fingerprint density at radius 2 is 2.00 bits per heavy atom. The molecule has 1 aromatic rings. The second kappa shape index (κ2) is 7.35. The van der Waals surface area contributed by atoms with E-state index in [-0.39, 0.29) is 11.8 Å². The first kappa shape index (κ1) is 17.1. The van der Waals surface area contributed by atoms with Crippen molar-refractivity contribution >= 4 is 11.8 Å². The van der Waals surface area contributed by atoms with Crippen molar-refractivity contribution in [1.29, 1.82) is 0 Å². The molecule has 0 aromatic heterocycles. The SMILES string of the molecule is COc1ccc(CNC(=O)C2(C)CCCCC(=O)N2)cc1OC. The molecule has 1 aliphatic rings. The van der Waals surface area contributed by atoms with Crippen molar-refractivity contribution in [2.24, 2.45) is 0 Å². The molecule has 2 rings (SSSR count). The first-order valence-corrected chi connectivity index (χ1v) is 7.79. The number of rotatable bonds is 5. The summed E-state index contributed by atoms with van der Waals surface area (Å²) in [7, 11) is 3.15. The van der Waals surface area contributed by atoms with Crippen LogP contribution in [0.4, 0.5) is 0 Å². The van der Waals surface area contributed by atoms with Crippen LogP contribution in [-0.4, -0.2) is 31.6 Å². The first-order chi connectivity index (χ1) is 11.0. The summed E-state index contributed by atoms with van der Waals surface area (Å²) in [6.07, 6.45) is 2.82. The molecule has 1 aliphatic heterocycles. The lowest BCUT2D eigenvalue weighted by Gasteiger charge is -2.27. The minimum Gasteiger partial charge on any atom is -0.493 e. The van der Waals surface area contributed by atoms with Gasteiger partial charge in [0, 0.05) is 13.0 Å².